The van der Waals surface area contributed by atoms with Crippen LogP contribution in [-0.2, 0) is 0 Å². The number of hydrogen-bond donors (Lipinski definition) is 1. The van der Waals surface area contributed by atoms with Crippen LogP contribution in [0.25, 0.3) is 0 Å². The van der Waals surface area contributed by atoms with Gasteiger partial charge in [-0.15, -0.1) is 0 Å². The number of carboxylic acids is 1. The summed E-state index contributed by atoms with van der Waals surface area (Å²) in [5.41, 5.74) is 0.561. The zero-order chi connectivity index (χ0) is 18.7. The summed E-state index contributed by atoms with van der Waals surface area (Å²) in [7, 11) is 0. The molecule has 0 bridgehead atoms. The zero-order valence-corrected chi connectivity index (χ0v) is 14.6. The van der Waals surface area contributed by atoms with Gasteiger partial charge in [-0.05, 0) is 49.2 Å². The Labute approximate surface area is 155 Å². The first-order chi connectivity index (χ1) is 12.5. The van der Waals surface area contributed by atoms with E-state index in [4.69, 9.17) is 16.7 Å². The molecule has 1 N–H and O–H groups in total. The lowest BCUT2D eigenvalue weighted by atomic mass is 9.89. The number of carbonyl (C=O) groups is 3. The van der Waals surface area contributed by atoms with Gasteiger partial charge in [0, 0.05) is 29.6 Å². The average Bonchev–Trinajstić information content (AvgIpc) is 2.67. The highest BCUT2D eigenvalue weighted by atomic mass is 35.5. The van der Waals surface area contributed by atoms with Gasteiger partial charge in [0.1, 0.15) is 11.4 Å². The SMILES string of the molecule is O=C(O)c1cccc(C(=O)N2CCC(C(=O)c3ccc(Cl)cc3)CC2)n1. The molecule has 2 heterocycles. The third-order valence-electron chi connectivity index (χ3n) is 4.47. The van der Waals surface area contributed by atoms with Crippen molar-refractivity contribution in [3.63, 3.8) is 0 Å². The van der Waals surface area contributed by atoms with E-state index >= 15 is 0 Å². The Hall–Kier alpha value is -2.73. The van der Waals surface area contributed by atoms with Gasteiger partial charge in [-0.3, -0.25) is 9.59 Å². The number of rotatable bonds is 4. The van der Waals surface area contributed by atoms with Crippen molar-refractivity contribution in [2.24, 2.45) is 5.92 Å². The summed E-state index contributed by atoms with van der Waals surface area (Å²) in [4.78, 5) is 41.6. The van der Waals surface area contributed by atoms with E-state index in [1.54, 1.807) is 29.2 Å². The molecule has 0 spiro atoms. The van der Waals surface area contributed by atoms with Crippen LogP contribution in [-0.4, -0.2) is 45.7 Å². The van der Waals surface area contributed by atoms with Crippen molar-refractivity contribution in [1.82, 2.24) is 9.88 Å². The molecular formula is C19H17ClN2O4. The van der Waals surface area contributed by atoms with Gasteiger partial charge in [-0.25, -0.2) is 9.78 Å². The van der Waals surface area contributed by atoms with Crippen molar-refractivity contribution in [3.8, 4) is 0 Å². The number of aromatic nitrogens is 1. The molecule has 7 heteroatoms. The van der Waals surface area contributed by atoms with E-state index in [9.17, 15) is 14.4 Å². The van der Waals surface area contributed by atoms with Gasteiger partial charge in [-0.2, -0.15) is 0 Å². The van der Waals surface area contributed by atoms with E-state index in [1.165, 1.54) is 18.2 Å². The number of nitrogens with zero attached hydrogens (tertiary/aromatic N) is 2. The minimum atomic E-state index is -1.17. The predicted octanol–water partition coefficient (Wildman–Crippen LogP) is 3.17. The van der Waals surface area contributed by atoms with Crippen molar-refractivity contribution in [1.29, 1.82) is 0 Å². The van der Waals surface area contributed by atoms with Gasteiger partial charge < -0.3 is 10.0 Å². The Morgan fingerprint density at radius 1 is 1.00 bits per heavy atom. The lowest BCUT2D eigenvalue weighted by Crippen LogP contribution is -2.40. The summed E-state index contributed by atoms with van der Waals surface area (Å²) in [6.45, 7) is 0.865. The molecule has 0 atom stereocenters. The van der Waals surface area contributed by atoms with Crippen molar-refractivity contribution >= 4 is 29.3 Å². The highest BCUT2D eigenvalue weighted by molar-refractivity contribution is 6.30. The van der Waals surface area contributed by atoms with Crippen LogP contribution >= 0.6 is 11.6 Å². The summed E-state index contributed by atoms with van der Waals surface area (Å²) in [5, 5.41) is 9.57. The first-order valence-electron chi connectivity index (χ1n) is 8.25. The lowest BCUT2D eigenvalue weighted by molar-refractivity contribution is 0.0643. The fourth-order valence-corrected chi connectivity index (χ4v) is 3.16. The van der Waals surface area contributed by atoms with Gasteiger partial charge in [0.15, 0.2) is 5.78 Å². The highest BCUT2D eigenvalue weighted by Crippen LogP contribution is 2.23. The van der Waals surface area contributed by atoms with Crippen LogP contribution in [0, 0.1) is 5.92 Å². The number of Topliss-reactive ketones (excluding diaryl/α,β-unsaturated/α-hetero) is 1. The Bertz CT molecular complexity index is 843. The number of halogens is 1. The molecule has 0 unspecified atom stereocenters. The molecular weight excluding hydrogens is 356 g/mol. The molecule has 2 aromatic rings. The van der Waals surface area contributed by atoms with E-state index in [1.807, 2.05) is 0 Å². The van der Waals surface area contributed by atoms with E-state index in [0.717, 1.165) is 0 Å². The molecule has 1 aromatic heterocycles. The second-order valence-corrected chi connectivity index (χ2v) is 6.59. The smallest absolute Gasteiger partial charge is 0.354 e. The number of ketones is 1. The van der Waals surface area contributed by atoms with Crippen LogP contribution in [0.1, 0.15) is 44.2 Å². The first kappa shape index (κ1) is 18.1. The summed E-state index contributed by atoms with van der Waals surface area (Å²) in [5.74, 6) is -1.57. The second kappa shape index (κ2) is 7.66. The molecule has 134 valence electrons. The van der Waals surface area contributed by atoms with E-state index in [0.29, 0.717) is 36.5 Å². The highest BCUT2D eigenvalue weighted by Gasteiger charge is 2.29. The molecule has 1 amide bonds. The van der Waals surface area contributed by atoms with Crippen molar-refractivity contribution in [2.75, 3.05) is 13.1 Å². The third-order valence-corrected chi connectivity index (χ3v) is 4.72. The van der Waals surface area contributed by atoms with E-state index < -0.39 is 5.97 Å². The quantitative estimate of drug-likeness (QED) is 0.833. The maximum Gasteiger partial charge on any atom is 0.354 e. The maximum atomic E-state index is 12.6. The monoisotopic (exact) mass is 372 g/mol. The van der Waals surface area contributed by atoms with Gasteiger partial charge in [-0.1, -0.05) is 17.7 Å². The minimum Gasteiger partial charge on any atom is -0.477 e. The number of carboxylic acid groups (broad SMARTS) is 1. The molecule has 1 aliphatic heterocycles. The second-order valence-electron chi connectivity index (χ2n) is 6.15. The topological polar surface area (TPSA) is 87.6 Å². The Kier molecular flexibility index (Phi) is 5.32. The normalized spacial score (nSPS) is 14.9. The molecule has 0 saturated carbocycles. The number of amides is 1. The molecule has 1 fully saturated rings. The standard InChI is InChI=1S/C19H17ClN2O4/c20-14-6-4-12(5-7-14)17(23)13-8-10-22(11-9-13)18(24)15-2-1-3-16(21-15)19(25)26/h1-7,13H,8-11H2,(H,25,26). The molecule has 0 radical (unpaired) electrons. The number of piperidine rings is 1. The Morgan fingerprint density at radius 2 is 1.62 bits per heavy atom. The summed E-state index contributed by atoms with van der Waals surface area (Å²) in [6.07, 6.45) is 1.12. The van der Waals surface area contributed by atoms with Gasteiger partial charge in [0.2, 0.25) is 0 Å². The van der Waals surface area contributed by atoms with E-state index in [2.05, 4.69) is 4.98 Å². The number of hydrogen-bond acceptors (Lipinski definition) is 4. The first-order valence-corrected chi connectivity index (χ1v) is 8.63. The van der Waals surface area contributed by atoms with Crippen LogP contribution < -0.4 is 0 Å². The van der Waals surface area contributed by atoms with Crippen LogP contribution in [0.4, 0.5) is 0 Å². The Morgan fingerprint density at radius 3 is 2.23 bits per heavy atom. The molecule has 1 aliphatic rings. The van der Waals surface area contributed by atoms with Crippen LogP contribution in [0.5, 0.6) is 0 Å². The number of aromatic carboxylic acids is 1. The van der Waals surface area contributed by atoms with Crippen LogP contribution in [0.2, 0.25) is 5.02 Å². The summed E-state index contributed by atoms with van der Waals surface area (Å²) < 4.78 is 0. The van der Waals surface area contributed by atoms with Crippen molar-refractivity contribution in [2.45, 2.75) is 12.8 Å². The molecule has 26 heavy (non-hydrogen) atoms. The zero-order valence-electron chi connectivity index (χ0n) is 13.9. The average molecular weight is 373 g/mol. The minimum absolute atomic E-state index is 0.0553. The van der Waals surface area contributed by atoms with Crippen molar-refractivity contribution in [3.05, 3.63) is 64.4 Å². The lowest BCUT2D eigenvalue weighted by Gasteiger charge is -2.31. The Balaban J connectivity index is 1.63. The number of benzene rings is 1. The number of likely N-dealkylation sites (tertiary alicyclic amines) is 1. The van der Waals surface area contributed by atoms with E-state index in [-0.39, 0.29) is 29.0 Å². The van der Waals surface area contributed by atoms with Crippen LogP contribution in [0.15, 0.2) is 42.5 Å². The molecule has 3 rings (SSSR count). The largest absolute Gasteiger partial charge is 0.477 e. The number of carbonyl (C=O) groups excluding carboxylic acids is 2. The fraction of sp³-hybridized carbons (Fsp3) is 0.263. The van der Waals surface area contributed by atoms with Gasteiger partial charge >= 0.3 is 5.97 Å². The molecule has 1 aromatic carbocycles. The van der Waals surface area contributed by atoms with Crippen molar-refractivity contribution < 1.29 is 19.5 Å². The number of pyridine rings is 1. The summed E-state index contributed by atoms with van der Waals surface area (Å²) >= 11 is 5.85. The third kappa shape index (κ3) is 3.91. The van der Waals surface area contributed by atoms with Crippen LogP contribution in [0.3, 0.4) is 0 Å². The molecule has 0 aliphatic carbocycles. The summed E-state index contributed by atoms with van der Waals surface area (Å²) in [6, 6.07) is 11.1. The van der Waals surface area contributed by atoms with Gasteiger partial charge in [0.25, 0.3) is 5.91 Å². The molecule has 1 saturated heterocycles. The van der Waals surface area contributed by atoms with Gasteiger partial charge in [0.05, 0.1) is 0 Å². The fourth-order valence-electron chi connectivity index (χ4n) is 3.03. The molecule has 6 nitrogen and oxygen atoms in total. The maximum absolute atomic E-state index is 12.6. The predicted molar refractivity (Wildman–Crippen MR) is 95.6 cm³/mol.